The monoisotopic (exact) mass is 295 g/mol. The van der Waals surface area contributed by atoms with Gasteiger partial charge in [0.05, 0.1) is 24.0 Å². The number of aromatic amines is 1. The fourth-order valence-electron chi connectivity index (χ4n) is 1.45. The zero-order valence-corrected chi connectivity index (χ0v) is 10.4. The second-order valence-electron chi connectivity index (χ2n) is 3.42. The number of hydrogen-bond acceptors (Lipinski definition) is 3. The highest BCUT2D eigenvalue weighted by molar-refractivity contribution is 9.10. The van der Waals surface area contributed by atoms with Gasteiger partial charge >= 0.3 is 5.97 Å². The van der Waals surface area contributed by atoms with Crippen molar-refractivity contribution < 1.29 is 9.90 Å². The van der Waals surface area contributed by atoms with Crippen molar-refractivity contribution in [3.63, 3.8) is 0 Å². The molecular weight excluding hydrogens is 286 g/mol. The van der Waals surface area contributed by atoms with Crippen LogP contribution in [-0.4, -0.2) is 21.0 Å². The predicted molar refractivity (Wildman–Crippen MR) is 67.0 cm³/mol. The Labute approximate surface area is 106 Å². The Morgan fingerprint density at radius 3 is 3.06 bits per heavy atom. The lowest BCUT2D eigenvalue weighted by Crippen LogP contribution is -2.06. The number of aromatic nitrogens is 2. The number of hydrogen-bond donors (Lipinski definition) is 3. The molecule has 0 bridgehead atoms. The van der Waals surface area contributed by atoms with Gasteiger partial charge in [0.15, 0.2) is 0 Å². The summed E-state index contributed by atoms with van der Waals surface area (Å²) in [5.74, 6) is -0.935. The van der Waals surface area contributed by atoms with Crippen molar-refractivity contribution in [3.8, 4) is 0 Å². The van der Waals surface area contributed by atoms with E-state index in [1.807, 2.05) is 6.07 Å². The molecular formula is C11H10BrN3O2. The summed E-state index contributed by atoms with van der Waals surface area (Å²) in [4.78, 5) is 17.8. The molecule has 2 heterocycles. The molecule has 0 radical (unpaired) electrons. The number of rotatable bonds is 4. The first-order chi connectivity index (χ1) is 8.16. The second kappa shape index (κ2) is 5.01. The molecule has 88 valence electrons. The first-order valence-corrected chi connectivity index (χ1v) is 5.70. The number of carboxylic acid groups (broad SMARTS) is 1. The highest BCUT2D eigenvalue weighted by Gasteiger charge is 2.10. The Balaban J connectivity index is 2.07. The van der Waals surface area contributed by atoms with Gasteiger partial charge in [-0.3, -0.25) is 4.98 Å². The van der Waals surface area contributed by atoms with Crippen molar-refractivity contribution in [2.75, 3.05) is 5.32 Å². The number of H-pyrrole nitrogens is 1. The van der Waals surface area contributed by atoms with Gasteiger partial charge in [-0.1, -0.05) is 0 Å². The zero-order chi connectivity index (χ0) is 12.3. The summed E-state index contributed by atoms with van der Waals surface area (Å²) in [6, 6.07) is 3.41. The number of carboxylic acids is 1. The molecule has 17 heavy (non-hydrogen) atoms. The van der Waals surface area contributed by atoms with Crippen molar-refractivity contribution in [2.45, 2.75) is 6.54 Å². The van der Waals surface area contributed by atoms with E-state index >= 15 is 0 Å². The van der Waals surface area contributed by atoms with Gasteiger partial charge in [-0.25, -0.2) is 4.79 Å². The number of aromatic carboxylic acids is 1. The molecule has 2 rings (SSSR count). The molecule has 0 saturated heterocycles. The van der Waals surface area contributed by atoms with Gasteiger partial charge in [-0.15, -0.1) is 0 Å². The van der Waals surface area contributed by atoms with E-state index in [0.29, 0.717) is 12.2 Å². The average Bonchev–Trinajstić information content (AvgIpc) is 2.74. The van der Waals surface area contributed by atoms with Crippen molar-refractivity contribution >= 4 is 27.6 Å². The number of pyridine rings is 1. The Morgan fingerprint density at radius 1 is 1.53 bits per heavy atom. The molecule has 5 nitrogen and oxygen atoms in total. The molecule has 3 N–H and O–H groups in total. The maximum Gasteiger partial charge on any atom is 0.337 e. The minimum Gasteiger partial charge on any atom is -0.478 e. The van der Waals surface area contributed by atoms with Crippen LogP contribution in [0.15, 0.2) is 35.2 Å². The lowest BCUT2D eigenvalue weighted by molar-refractivity contribution is 0.0696. The molecule has 0 fully saturated rings. The first-order valence-electron chi connectivity index (χ1n) is 4.91. The topological polar surface area (TPSA) is 78.0 Å². The zero-order valence-electron chi connectivity index (χ0n) is 8.77. The number of nitrogens with zero attached hydrogens (tertiary/aromatic N) is 1. The molecule has 0 atom stereocenters. The molecule has 2 aromatic rings. The van der Waals surface area contributed by atoms with Crippen LogP contribution in [0.2, 0.25) is 0 Å². The molecule has 0 aliphatic rings. The number of halogens is 1. The lowest BCUT2D eigenvalue weighted by atomic mass is 10.2. The summed E-state index contributed by atoms with van der Waals surface area (Å²) in [6.07, 6.45) is 4.97. The van der Waals surface area contributed by atoms with Gasteiger partial charge < -0.3 is 15.4 Å². The molecule has 0 amide bonds. The van der Waals surface area contributed by atoms with Crippen LogP contribution in [0, 0.1) is 0 Å². The minimum atomic E-state index is -0.935. The van der Waals surface area contributed by atoms with Crippen LogP contribution in [0.5, 0.6) is 0 Å². The van der Waals surface area contributed by atoms with E-state index in [-0.39, 0.29) is 5.56 Å². The fourth-order valence-corrected chi connectivity index (χ4v) is 1.81. The van der Waals surface area contributed by atoms with Crippen molar-refractivity contribution in [2.24, 2.45) is 0 Å². The number of carbonyl (C=O) groups is 1. The predicted octanol–water partition coefficient (Wildman–Crippen LogP) is 2.48. The highest BCUT2D eigenvalue weighted by Crippen LogP contribution is 2.15. The molecule has 6 heteroatoms. The van der Waals surface area contributed by atoms with Gasteiger partial charge in [-0.05, 0) is 28.1 Å². The molecule has 0 aliphatic carbocycles. The maximum absolute atomic E-state index is 10.9. The van der Waals surface area contributed by atoms with E-state index in [9.17, 15) is 4.79 Å². The largest absolute Gasteiger partial charge is 0.478 e. The molecule has 0 aromatic carbocycles. The Hall–Kier alpha value is -1.82. The Morgan fingerprint density at radius 2 is 2.35 bits per heavy atom. The van der Waals surface area contributed by atoms with E-state index in [1.54, 1.807) is 24.7 Å². The third-order valence-corrected chi connectivity index (χ3v) is 2.67. The maximum atomic E-state index is 10.9. The Kier molecular flexibility index (Phi) is 3.43. The summed E-state index contributed by atoms with van der Waals surface area (Å²) >= 11 is 3.31. The summed E-state index contributed by atoms with van der Waals surface area (Å²) in [5, 5.41) is 12.0. The lowest BCUT2D eigenvalue weighted by Gasteiger charge is -2.05. The average molecular weight is 296 g/mol. The van der Waals surface area contributed by atoms with E-state index in [0.717, 1.165) is 10.2 Å². The summed E-state index contributed by atoms with van der Waals surface area (Å²) in [6.45, 7) is 0.409. The van der Waals surface area contributed by atoms with Crippen LogP contribution in [0.1, 0.15) is 16.1 Å². The third kappa shape index (κ3) is 2.85. The molecule has 0 spiro atoms. The van der Waals surface area contributed by atoms with Gasteiger partial charge in [0.25, 0.3) is 0 Å². The number of nitrogens with one attached hydrogen (secondary N) is 2. The van der Waals surface area contributed by atoms with E-state index in [1.165, 1.54) is 0 Å². The van der Waals surface area contributed by atoms with Crippen LogP contribution >= 0.6 is 15.9 Å². The minimum absolute atomic E-state index is 0.278. The molecule has 0 aliphatic heterocycles. The smallest absolute Gasteiger partial charge is 0.337 e. The highest BCUT2D eigenvalue weighted by atomic mass is 79.9. The number of anilines is 1. The quantitative estimate of drug-likeness (QED) is 0.810. The summed E-state index contributed by atoms with van der Waals surface area (Å²) in [7, 11) is 0. The summed E-state index contributed by atoms with van der Waals surface area (Å²) < 4.78 is 0.868. The van der Waals surface area contributed by atoms with Crippen LogP contribution in [-0.2, 0) is 6.54 Å². The van der Waals surface area contributed by atoms with Gasteiger partial charge in [0.2, 0.25) is 0 Å². The Bertz CT molecular complexity index is 539. The van der Waals surface area contributed by atoms with Gasteiger partial charge in [-0.2, -0.15) is 0 Å². The fraction of sp³-hybridized carbons (Fsp3) is 0.0909. The normalized spacial score (nSPS) is 10.2. The first kappa shape index (κ1) is 11.7. The SMILES string of the molecule is O=C(O)c1cc[nH]c1CNc1cncc(Br)c1. The molecule has 0 unspecified atom stereocenters. The second-order valence-corrected chi connectivity index (χ2v) is 4.34. The van der Waals surface area contributed by atoms with Crippen LogP contribution in [0.4, 0.5) is 5.69 Å². The van der Waals surface area contributed by atoms with Crippen LogP contribution < -0.4 is 5.32 Å². The van der Waals surface area contributed by atoms with Gasteiger partial charge in [0.1, 0.15) is 0 Å². The van der Waals surface area contributed by atoms with E-state index in [4.69, 9.17) is 5.11 Å². The molecule has 0 saturated carbocycles. The van der Waals surface area contributed by atoms with Crippen molar-refractivity contribution in [3.05, 3.63) is 46.5 Å². The van der Waals surface area contributed by atoms with Crippen molar-refractivity contribution in [1.82, 2.24) is 9.97 Å². The van der Waals surface area contributed by atoms with Crippen LogP contribution in [0.25, 0.3) is 0 Å². The molecule has 2 aromatic heterocycles. The van der Waals surface area contributed by atoms with Gasteiger partial charge in [0, 0.05) is 22.6 Å². The van der Waals surface area contributed by atoms with E-state index < -0.39 is 5.97 Å². The summed E-state index contributed by atoms with van der Waals surface area (Å²) in [5.41, 5.74) is 1.74. The third-order valence-electron chi connectivity index (χ3n) is 2.24. The van der Waals surface area contributed by atoms with Crippen molar-refractivity contribution in [1.29, 1.82) is 0 Å². The standard InChI is InChI=1S/C11H10BrN3O2/c12-7-3-8(5-13-4-7)15-6-10-9(11(16)17)1-2-14-10/h1-5,14-15H,6H2,(H,16,17). The van der Waals surface area contributed by atoms with Crippen LogP contribution in [0.3, 0.4) is 0 Å². The van der Waals surface area contributed by atoms with E-state index in [2.05, 4.69) is 31.2 Å².